The van der Waals surface area contributed by atoms with Gasteiger partial charge in [-0.1, -0.05) is 13.3 Å². The van der Waals surface area contributed by atoms with Gasteiger partial charge in [0.05, 0.1) is 25.9 Å². The molecule has 1 fully saturated rings. The van der Waals surface area contributed by atoms with Crippen LogP contribution >= 0.6 is 0 Å². The standard InChI is InChI=1S/C15H23NO4/c1-4-5-12-10-16(8-9-19-12)11(2)13-6-7-14(20-13)15(17)18-3/h6-7,11-12H,4-5,8-10H2,1-3H3/t11-,12+/m0/s1. The number of rotatable bonds is 5. The zero-order valence-corrected chi connectivity index (χ0v) is 12.4. The fourth-order valence-corrected chi connectivity index (χ4v) is 2.56. The molecule has 1 aliphatic heterocycles. The minimum atomic E-state index is -0.436. The summed E-state index contributed by atoms with van der Waals surface area (Å²) in [7, 11) is 1.35. The number of hydrogen-bond acceptors (Lipinski definition) is 5. The van der Waals surface area contributed by atoms with Crippen LogP contribution in [0.2, 0.25) is 0 Å². The van der Waals surface area contributed by atoms with E-state index < -0.39 is 5.97 Å². The number of carbonyl (C=O) groups is 1. The van der Waals surface area contributed by atoms with Crippen LogP contribution in [0.1, 0.15) is 49.0 Å². The first kappa shape index (κ1) is 15.1. The number of carbonyl (C=O) groups excluding carboxylic acids is 1. The number of hydrogen-bond donors (Lipinski definition) is 0. The Bertz CT molecular complexity index is 441. The van der Waals surface area contributed by atoms with Crippen molar-refractivity contribution in [1.29, 1.82) is 0 Å². The van der Waals surface area contributed by atoms with Gasteiger partial charge in [-0.15, -0.1) is 0 Å². The number of morpholine rings is 1. The molecule has 0 N–H and O–H groups in total. The Kier molecular flexibility index (Phi) is 5.20. The van der Waals surface area contributed by atoms with Crippen LogP contribution in [0, 0.1) is 0 Å². The van der Waals surface area contributed by atoms with Crippen LogP contribution in [0.4, 0.5) is 0 Å². The van der Waals surface area contributed by atoms with Gasteiger partial charge in [0.1, 0.15) is 5.76 Å². The van der Waals surface area contributed by atoms with Crippen LogP contribution in [0.5, 0.6) is 0 Å². The number of esters is 1. The molecule has 1 saturated heterocycles. The lowest BCUT2D eigenvalue weighted by Gasteiger charge is -2.36. The molecule has 2 atom stereocenters. The maximum Gasteiger partial charge on any atom is 0.373 e. The van der Waals surface area contributed by atoms with Crippen molar-refractivity contribution in [1.82, 2.24) is 4.90 Å². The summed E-state index contributed by atoms with van der Waals surface area (Å²) in [5.74, 6) is 0.615. The van der Waals surface area contributed by atoms with E-state index in [1.807, 2.05) is 6.07 Å². The third-order valence-electron chi connectivity index (χ3n) is 3.75. The lowest BCUT2D eigenvalue weighted by atomic mass is 10.1. The lowest BCUT2D eigenvalue weighted by molar-refractivity contribution is -0.0474. The highest BCUT2D eigenvalue weighted by Gasteiger charge is 2.26. The first-order chi connectivity index (χ1) is 9.65. The fraction of sp³-hybridized carbons (Fsp3) is 0.667. The smallest absolute Gasteiger partial charge is 0.373 e. The highest BCUT2D eigenvalue weighted by atomic mass is 16.5. The first-order valence-corrected chi connectivity index (χ1v) is 7.19. The van der Waals surface area contributed by atoms with Gasteiger partial charge in [-0.05, 0) is 25.5 Å². The summed E-state index contributed by atoms with van der Waals surface area (Å²) in [6.07, 6.45) is 2.50. The van der Waals surface area contributed by atoms with Gasteiger partial charge in [0.15, 0.2) is 0 Å². The van der Waals surface area contributed by atoms with Gasteiger partial charge in [-0.25, -0.2) is 4.79 Å². The summed E-state index contributed by atoms with van der Waals surface area (Å²) in [4.78, 5) is 13.8. The van der Waals surface area contributed by atoms with Crippen molar-refractivity contribution < 1.29 is 18.7 Å². The van der Waals surface area contributed by atoms with Crippen molar-refractivity contribution >= 4 is 5.97 Å². The SMILES string of the molecule is CCC[C@@H]1CN([C@@H](C)c2ccc(C(=O)OC)o2)CCO1. The van der Waals surface area contributed by atoms with E-state index in [4.69, 9.17) is 9.15 Å². The Balaban J connectivity index is 2.01. The molecule has 1 aromatic heterocycles. The third-order valence-corrected chi connectivity index (χ3v) is 3.75. The Hall–Kier alpha value is -1.33. The van der Waals surface area contributed by atoms with Gasteiger partial charge in [0.25, 0.3) is 0 Å². The van der Waals surface area contributed by atoms with Gasteiger partial charge < -0.3 is 13.9 Å². The van der Waals surface area contributed by atoms with Crippen molar-refractivity contribution in [2.75, 3.05) is 26.8 Å². The van der Waals surface area contributed by atoms with Gasteiger partial charge >= 0.3 is 5.97 Å². The van der Waals surface area contributed by atoms with Gasteiger partial charge in [-0.2, -0.15) is 0 Å². The average molecular weight is 281 g/mol. The van der Waals surface area contributed by atoms with E-state index in [1.165, 1.54) is 7.11 Å². The Morgan fingerprint density at radius 2 is 2.35 bits per heavy atom. The maximum absolute atomic E-state index is 11.4. The van der Waals surface area contributed by atoms with Gasteiger partial charge in [0.2, 0.25) is 5.76 Å². The molecule has 0 spiro atoms. The van der Waals surface area contributed by atoms with Crippen LogP contribution < -0.4 is 0 Å². The minimum absolute atomic E-state index is 0.136. The number of methoxy groups -OCH3 is 1. The lowest BCUT2D eigenvalue weighted by Crippen LogP contribution is -2.43. The Morgan fingerprint density at radius 1 is 1.55 bits per heavy atom. The highest BCUT2D eigenvalue weighted by Crippen LogP contribution is 2.25. The molecule has 5 nitrogen and oxygen atoms in total. The van der Waals surface area contributed by atoms with Gasteiger partial charge in [0, 0.05) is 13.1 Å². The molecule has 0 saturated carbocycles. The van der Waals surface area contributed by atoms with Crippen molar-refractivity contribution in [2.24, 2.45) is 0 Å². The second kappa shape index (κ2) is 6.90. The Morgan fingerprint density at radius 3 is 3.05 bits per heavy atom. The Labute approximate surface area is 119 Å². The second-order valence-electron chi connectivity index (χ2n) is 5.15. The van der Waals surface area contributed by atoms with E-state index in [2.05, 4.69) is 23.5 Å². The van der Waals surface area contributed by atoms with E-state index in [0.29, 0.717) is 6.10 Å². The van der Waals surface area contributed by atoms with E-state index in [1.54, 1.807) is 6.07 Å². The molecule has 1 aliphatic rings. The van der Waals surface area contributed by atoms with E-state index in [-0.39, 0.29) is 11.8 Å². The molecule has 0 amide bonds. The van der Waals surface area contributed by atoms with E-state index in [9.17, 15) is 4.79 Å². The quantitative estimate of drug-likeness (QED) is 0.777. The molecular formula is C15H23NO4. The summed E-state index contributed by atoms with van der Waals surface area (Å²) in [6, 6.07) is 3.65. The molecule has 0 aromatic carbocycles. The summed E-state index contributed by atoms with van der Waals surface area (Å²) in [5.41, 5.74) is 0. The molecule has 112 valence electrons. The largest absolute Gasteiger partial charge is 0.463 e. The topological polar surface area (TPSA) is 51.9 Å². The number of ether oxygens (including phenoxy) is 2. The second-order valence-corrected chi connectivity index (χ2v) is 5.15. The zero-order valence-electron chi connectivity index (χ0n) is 12.4. The van der Waals surface area contributed by atoms with Crippen LogP contribution in [-0.2, 0) is 9.47 Å². The van der Waals surface area contributed by atoms with Crippen molar-refractivity contribution in [2.45, 2.75) is 38.8 Å². The summed E-state index contributed by atoms with van der Waals surface area (Å²) >= 11 is 0. The molecule has 0 radical (unpaired) electrons. The molecule has 1 aromatic rings. The number of furan rings is 1. The van der Waals surface area contributed by atoms with Crippen LogP contribution in [-0.4, -0.2) is 43.8 Å². The van der Waals surface area contributed by atoms with E-state index in [0.717, 1.165) is 38.3 Å². The minimum Gasteiger partial charge on any atom is -0.463 e. The van der Waals surface area contributed by atoms with Crippen molar-refractivity contribution in [3.05, 3.63) is 23.7 Å². The van der Waals surface area contributed by atoms with Crippen molar-refractivity contribution in [3.8, 4) is 0 Å². The third kappa shape index (κ3) is 3.41. The predicted octanol–water partition coefficient (Wildman–Crippen LogP) is 2.63. The zero-order chi connectivity index (χ0) is 14.5. The van der Waals surface area contributed by atoms with Crippen LogP contribution in [0.3, 0.4) is 0 Å². The number of nitrogens with zero attached hydrogens (tertiary/aromatic N) is 1. The summed E-state index contributed by atoms with van der Waals surface area (Å²) in [6.45, 7) is 6.80. The normalized spacial score (nSPS) is 21.6. The summed E-state index contributed by atoms with van der Waals surface area (Å²) < 4.78 is 16.0. The monoisotopic (exact) mass is 281 g/mol. The highest BCUT2D eigenvalue weighted by molar-refractivity contribution is 5.86. The van der Waals surface area contributed by atoms with Crippen LogP contribution in [0.25, 0.3) is 0 Å². The summed E-state index contributed by atoms with van der Waals surface area (Å²) in [5, 5.41) is 0. The molecule has 2 heterocycles. The molecule has 0 aliphatic carbocycles. The van der Waals surface area contributed by atoms with Crippen LogP contribution in [0.15, 0.2) is 16.5 Å². The first-order valence-electron chi connectivity index (χ1n) is 7.19. The molecule has 0 bridgehead atoms. The maximum atomic E-state index is 11.4. The molecule has 5 heteroatoms. The average Bonchev–Trinajstić information content (AvgIpc) is 2.96. The molecule has 20 heavy (non-hydrogen) atoms. The fourth-order valence-electron chi connectivity index (χ4n) is 2.56. The molecule has 0 unspecified atom stereocenters. The van der Waals surface area contributed by atoms with Crippen molar-refractivity contribution in [3.63, 3.8) is 0 Å². The molecule has 2 rings (SSSR count). The predicted molar refractivity (Wildman–Crippen MR) is 74.7 cm³/mol. The van der Waals surface area contributed by atoms with E-state index >= 15 is 0 Å². The van der Waals surface area contributed by atoms with Gasteiger partial charge in [-0.3, -0.25) is 4.90 Å². The molecular weight excluding hydrogens is 258 g/mol.